The molecular formula is C14H19F3N2O. The molecule has 0 aliphatic heterocycles. The first-order valence-corrected chi connectivity index (χ1v) is 6.31. The van der Waals surface area contributed by atoms with Crippen LogP contribution in [-0.4, -0.2) is 18.0 Å². The van der Waals surface area contributed by atoms with Gasteiger partial charge in [0.1, 0.15) is 0 Å². The number of hydrogen-bond donors (Lipinski definition) is 2. The van der Waals surface area contributed by atoms with E-state index in [0.717, 1.165) is 6.07 Å². The Bertz CT molecular complexity index is 464. The molecule has 1 amide bonds. The van der Waals surface area contributed by atoms with Gasteiger partial charge in [0.25, 0.3) is 0 Å². The van der Waals surface area contributed by atoms with Gasteiger partial charge in [-0.3, -0.25) is 4.79 Å². The number of rotatable bonds is 4. The second kappa shape index (κ2) is 6.15. The average Bonchev–Trinajstić information content (AvgIpc) is 2.25. The van der Waals surface area contributed by atoms with Crippen molar-refractivity contribution < 1.29 is 18.0 Å². The molecule has 6 heteroatoms. The van der Waals surface area contributed by atoms with E-state index < -0.39 is 11.7 Å². The molecule has 3 nitrogen and oxygen atoms in total. The highest BCUT2D eigenvalue weighted by molar-refractivity contribution is 5.77. The molecule has 0 saturated heterocycles. The molecule has 0 heterocycles. The maximum atomic E-state index is 12.7. The van der Waals surface area contributed by atoms with Crippen molar-refractivity contribution in [2.75, 3.05) is 11.9 Å². The van der Waals surface area contributed by atoms with Crippen LogP contribution in [0, 0.1) is 0 Å². The first kappa shape index (κ1) is 16.3. The van der Waals surface area contributed by atoms with E-state index >= 15 is 0 Å². The molecule has 0 unspecified atom stereocenters. The van der Waals surface area contributed by atoms with Gasteiger partial charge >= 0.3 is 6.18 Å². The summed E-state index contributed by atoms with van der Waals surface area (Å²) in [6.07, 6.45) is -4.29. The van der Waals surface area contributed by atoms with Gasteiger partial charge < -0.3 is 10.6 Å². The van der Waals surface area contributed by atoms with Gasteiger partial charge in [-0.1, -0.05) is 12.1 Å². The Hall–Kier alpha value is -1.72. The van der Waals surface area contributed by atoms with Crippen molar-refractivity contribution in [3.63, 3.8) is 0 Å². The van der Waals surface area contributed by atoms with Crippen molar-refractivity contribution in [1.29, 1.82) is 0 Å². The maximum Gasteiger partial charge on any atom is 0.418 e. The largest absolute Gasteiger partial charge is 0.418 e. The first-order valence-electron chi connectivity index (χ1n) is 6.31. The Kier molecular flexibility index (Phi) is 5.03. The van der Waals surface area contributed by atoms with Crippen LogP contribution < -0.4 is 10.6 Å². The lowest BCUT2D eigenvalue weighted by molar-refractivity contribution is -0.137. The van der Waals surface area contributed by atoms with Crippen LogP contribution in [-0.2, 0) is 11.0 Å². The molecule has 2 N–H and O–H groups in total. The lowest BCUT2D eigenvalue weighted by atomic mass is 10.1. The SMILES string of the molecule is CC(C)(C)NC(=O)CCNc1ccccc1C(F)(F)F. The number of benzene rings is 1. The normalized spacial score (nSPS) is 12.1. The summed E-state index contributed by atoms with van der Waals surface area (Å²) >= 11 is 0. The molecule has 0 radical (unpaired) electrons. The monoisotopic (exact) mass is 288 g/mol. The smallest absolute Gasteiger partial charge is 0.384 e. The summed E-state index contributed by atoms with van der Waals surface area (Å²) in [7, 11) is 0. The molecule has 0 bridgehead atoms. The highest BCUT2D eigenvalue weighted by atomic mass is 19.4. The quantitative estimate of drug-likeness (QED) is 0.891. The number of amides is 1. The minimum Gasteiger partial charge on any atom is -0.384 e. The van der Waals surface area contributed by atoms with Crippen molar-refractivity contribution in [3.05, 3.63) is 29.8 Å². The fourth-order valence-electron chi connectivity index (χ4n) is 1.68. The highest BCUT2D eigenvalue weighted by Crippen LogP contribution is 2.34. The summed E-state index contributed by atoms with van der Waals surface area (Å²) in [5.74, 6) is -0.200. The van der Waals surface area contributed by atoms with E-state index in [1.165, 1.54) is 18.2 Å². The summed E-state index contributed by atoms with van der Waals surface area (Å²) in [4.78, 5) is 11.6. The summed E-state index contributed by atoms with van der Waals surface area (Å²) in [6, 6.07) is 5.22. The molecule has 112 valence electrons. The number of carbonyl (C=O) groups is 1. The number of para-hydroxylation sites is 1. The predicted molar refractivity (Wildman–Crippen MR) is 72.4 cm³/mol. The van der Waals surface area contributed by atoms with Crippen LogP contribution in [0.3, 0.4) is 0 Å². The zero-order valence-corrected chi connectivity index (χ0v) is 11.8. The predicted octanol–water partition coefficient (Wildman–Crippen LogP) is 3.42. The summed E-state index contributed by atoms with van der Waals surface area (Å²) < 4.78 is 38.2. The van der Waals surface area contributed by atoms with Crippen molar-refractivity contribution in [3.8, 4) is 0 Å². The second-order valence-electron chi connectivity index (χ2n) is 5.52. The summed E-state index contributed by atoms with van der Waals surface area (Å²) in [6.45, 7) is 5.68. The Morgan fingerprint density at radius 1 is 1.15 bits per heavy atom. The van der Waals surface area contributed by atoms with E-state index in [9.17, 15) is 18.0 Å². The number of alkyl halides is 3. The molecule has 1 aromatic rings. The molecule has 1 rings (SSSR count). The number of nitrogens with one attached hydrogen (secondary N) is 2. The van der Waals surface area contributed by atoms with Crippen LogP contribution in [0.5, 0.6) is 0 Å². The minimum absolute atomic E-state index is 0.0106. The van der Waals surface area contributed by atoms with Crippen molar-refractivity contribution in [2.24, 2.45) is 0 Å². The fraction of sp³-hybridized carbons (Fsp3) is 0.500. The van der Waals surface area contributed by atoms with E-state index in [4.69, 9.17) is 0 Å². The van der Waals surface area contributed by atoms with Gasteiger partial charge in [0.15, 0.2) is 0 Å². The molecular weight excluding hydrogens is 269 g/mol. The Balaban J connectivity index is 2.57. The first-order chi connectivity index (χ1) is 9.09. The van der Waals surface area contributed by atoms with Crippen molar-refractivity contribution >= 4 is 11.6 Å². The molecule has 0 aliphatic carbocycles. The fourth-order valence-corrected chi connectivity index (χ4v) is 1.68. The van der Waals surface area contributed by atoms with Gasteiger partial charge in [-0.25, -0.2) is 0 Å². The lowest BCUT2D eigenvalue weighted by Crippen LogP contribution is -2.41. The van der Waals surface area contributed by atoms with Crippen molar-refractivity contribution in [1.82, 2.24) is 5.32 Å². The average molecular weight is 288 g/mol. The molecule has 0 aliphatic rings. The number of hydrogen-bond acceptors (Lipinski definition) is 2. The van der Waals surface area contributed by atoms with Crippen LogP contribution in [0.15, 0.2) is 24.3 Å². The zero-order valence-electron chi connectivity index (χ0n) is 11.8. The third-order valence-electron chi connectivity index (χ3n) is 2.41. The van der Waals surface area contributed by atoms with Gasteiger partial charge in [-0.15, -0.1) is 0 Å². The van der Waals surface area contributed by atoms with E-state index in [2.05, 4.69) is 10.6 Å². The molecule has 0 fully saturated rings. The highest BCUT2D eigenvalue weighted by Gasteiger charge is 2.33. The van der Waals surface area contributed by atoms with Gasteiger partial charge in [0.2, 0.25) is 5.91 Å². The summed E-state index contributed by atoms with van der Waals surface area (Å²) in [5, 5.41) is 5.40. The molecule has 1 aromatic carbocycles. The molecule has 20 heavy (non-hydrogen) atoms. The minimum atomic E-state index is -4.41. The van der Waals surface area contributed by atoms with E-state index in [-0.39, 0.29) is 30.1 Å². The van der Waals surface area contributed by atoms with E-state index in [0.29, 0.717) is 0 Å². The zero-order chi connectivity index (χ0) is 15.4. The van der Waals surface area contributed by atoms with Gasteiger partial charge in [0, 0.05) is 24.2 Å². The Labute approximate surface area is 116 Å². The lowest BCUT2D eigenvalue weighted by Gasteiger charge is -2.20. The van der Waals surface area contributed by atoms with Gasteiger partial charge in [-0.05, 0) is 32.9 Å². The third kappa shape index (κ3) is 5.50. The third-order valence-corrected chi connectivity index (χ3v) is 2.41. The summed E-state index contributed by atoms with van der Waals surface area (Å²) in [5.41, 5.74) is -1.08. The topological polar surface area (TPSA) is 41.1 Å². The van der Waals surface area contributed by atoms with E-state index in [1.54, 1.807) is 0 Å². The van der Waals surface area contributed by atoms with Crippen LogP contribution in [0.2, 0.25) is 0 Å². The number of anilines is 1. The molecule has 0 saturated carbocycles. The molecule has 0 atom stereocenters. The van der Waals surface area contributed by atoms with Gasteiger partial charge in [-0.2, -0.15) is 13.2 Å². The molecule has 0 aromatic heterocycles. The van der Waals surface area contributed by atoms with Crippen molar-refractivity contribution in [2.45, 2.75) is 38.9 Å². The number of carbonyl (C=O) groups excluding carboxylic acids is 1. The standard InChI is InChI=1S/C14H19F3N2O/c1-13(2,3)19-12(20)8-9-18-11-7-5-4-6-10(11)14(15,16)17/h4-7,18H,8-9H2,1-3H3,(H,19,20). The van der Waals surface area contributed by atoms with E-state index in [1.807, 2.05) is 20.8 Å². The van der Waals surface area contributed by atoms with Crippen LogP contribution in [0.4, 0.5) is 18.9 Å². The second-order valence-corrected chi connectivity index (χ2v) is 5.52. The van der Waals surface area contributed by atoms with Crippen LogP contribution in [0.1, 0.15) is 32.8 Å². The van der Waals surface area contributed by atoms with Gasteiger partial charge in [0.05, 0.1) is 5.56 Å². The van der Waals surface area contributed by atoms with Crippen LogP contribution in [0.25, 0.3) is 0 Å². The molecule has 0 spiro atoms. The Morgan fingerprint density at radius 2 is 1.75 bits per heavy atom. The Morgan fingerprint density at radius 3 is 2.30 bits per heavy atom. The number of halogens is 3. The maximum absolute atomic E-state index is 12.7. The van der Waals surface area contributed by atoms with Crippen LogP contribution >= 0.6 is 0 Å².